The summed E-state index contributed by atoms with van der Waals surface area (Å²) in [6.07, 6.45) is 5.41. The number of hydrogen-bond acceptors (Lipinski definition) is 3. The fourth-order valence-corrected chi connectivity index (χ4v) is 3.92. The van der Waals surface area contributed by atoms with Gasteiger partial charge in [0.1, 0.15) is 6.04 Å². The molecule has 1 atom stereocenters. The van der Waals surface area contributed by atoms with Crippen LogP contribution in [0.2, 0.25) is 0 Å². The van der Waals surface area contributed by atoms with Gasteiger partial charge in [-0.15, -0.1) is 0 Å². The first-order valence-electron chi connectivity index (χ1n) is 10.3. The number of nitrogens with zero attached hydrogens (tertiary/aromatic N) is 2. The van der Waals surface area contributed by atoms with Gasteiger partial charge in [0.2, 0.25) is 11.8 Å². The molecule has 2 heterocycles. The van der Waals surface area contributed by atoms with Crippen LogP contribution in [0.25, 0.3) is 0 Å². The summed E-state index contributed by atoms with van der Waals surface area (Å²) in [6, 6.07) is 16.1. The summed E-state index contributed by atoms with van der Waals surface area (Å²) in [7, 11) is 0. The molecular formula is C24H25N3O3. The largest absolute Gasteiger partial charge is 0.340 e. The molecule has 0 bridgehead atoms. The minimum atomic E-state index is -0.738. The Morgan fingerprint density at radius 3 is 2.53 bits per heavy atom. The van der Waals surface area contributed by atoms with Crippen molar-refractivity contribution in [3.63, 3.8) is 0 Å². The lowest BCUT2D eigenvalue weighted by atomic mass is 10.1. The number of nitrogens with one attached hydrogen (secondary N) is 1. The van der Waals surface area contributed by atoms with Crippen LogP contribution in [0.3, 0.4) is 0 Å². The number of carbonyl (C=O) groups excluding carboxylic acids is 3. The second-order valence-electron chi connectivity index (χ2n) is 7.59. The van der Waals surface area contributed by atoms with Crippen LogP contribution in [0.1, 0.15) is 35.2 Å². The zero-order valence-electron chi connectivity index (χ0n) is 16.8. The van der Waals surface area contributed by atoms with Crippen LogP contribution in [0.5, 0.6) is 0 Å². The Hall–Kier alpha value is -3.41. The fraction of sp³-hybridized carbons (Fsp3) is 0.292. The summed E-state index contributed by atoms with van der Waals surface area (Å²) in [5, 5.41) is 2.84. The van der Waals surface area contributed by atoms with Crippen LogP contribution < -0.4 is 10.2 Å². The molecule has 0 saturated heterocycles. The van der Waals surface area contributed by atoms with Crippen molar-refractivity contribution in [3.05, 3.63) is 77.9 Å². The maximum absolute atomic E-state index is 13.4. The highest BCUT2D eigenvalue weighted by Crippen LogP contribution is 2.27. The molecule has 2 aliphatic heterocycles. The van der Waals surface area contributed by atoms with Crippen LogP contribution in [-0.4, -0.2) is 41.8 Å². The average molecular weight is 403 g/mol. The maximum atomic E-state index is 13.4. The molecule has 1 N–H and O–H groups in total. The summed E-state index contributed by atoms with van der Waals surface area (Å²) in [6.45, 7) is 1.67. The Balaban J connectivity index is 1.55. The second-order valence-corrected chi connectivity index (χ2v) is 7.59. The van der Waals surface area contributed by atoms with E-state index in [2.05, 4.69) is 11.4 Å². The summed E-state index contributed by atoms with van der Waals surface area (Å²) in [5.74, 6) is -0.464. The van der Waals surface area contributed by atoms with Gasteiger partial charge >= 0.3 is 0 Å². The molecule has 6 nitrogen and oxygen atoms in total. The first kappa shape index (κ1) is 19.9. The van der Waals surface area contributed by atoms with Crippen LogP contribution in [0.4, 0.5) is 5.69 Å². The SMILES string of the molecule is O=C1NC(CCC(=O)N2CC=CCC2)C(=O)N(Cc2ccccc2)c2ccccc21. The number of amides is 3. The highest BCUT2D eigenvalue weighted by atomic mass is 16.2. The van der Waals surface area contributed by atoms with Gasteiger partial charge in [-0.25, -0.2) is 0 Å². The van der Waals surface area contributed by atoms with E-state index < -0.39 is 6.04 Å². The second kappa shape index (κ2) is 8.95. The van der Waals surface area contributed by atoms with E-state index in [-0.39, 0.29) is 30.6 Å². The Morgan fingerprint density at radius 2 is 1.77 bits per heavy atom. The Bertz CT molecular complexity index is 971. The number of hydrogen-bond donors (Lipinski definition) is 1. The van der Waals surface area contributed by atoms with Crippen molar-refractivity contribution in [1.29, 1.82) is 0 Å². The number of fused-ring (bicyclic) bond motifs is 1. The van der Waals surface area contributed by atoms with Crippen LogP contribution in [0.15, 0.2) is 66.7 Å². The van der Waals surface area contributed by atoms with Crippen molar-refractivity contribution in [1.82, 2.24) is 10.2 Å². The van der Waals surface area contributed by atoms with Gasteiger partial charge in [-0.2, -0.15) is 0 Å². The lowest BCUT2D eigenvalue weighted by molar-refractivity contribution is -0.131. The van der Waals surface area contributed by atoms with Crippen molar-refractivity contribution in [2.24, 2.45) is 0 Å². The van der Waals surface area contributed by atoms with Gasteiger partial charge in [-0.05, 0) is 30.5 Å². The molecule has 0 aliphatic carbocycles. The molecule has 6 heteroatoms. The van der Waals surface area contributed by atoms with E-state index in [0.717, 1.165) is 12.0 Å². The van der Waals surface area contributed by atoms with Crippen LogP contribution >= 0.6 is 0 Å². The summed E-state index contributed by atoms with van der Waals surface area (Å²) in [4.78, 5) is 42.2. The summed E-state index contributed by atoms with van der Waals surface area (Å²) in [5.41, 5.74) is 2.04. The van der Waals surface area contributed by atoms with Gasteiger partial charge in [0.05, 0.1) is 17.8 Å². The van der Waals surface area contributed by atoms with E-state index in [9.17, 15) is 14.4 Å². The minimum absolute atomic E-state index is 0.0118. The molecule has 30 heavy (non-hydrogen) atoms. The van der Waals surface area contributed by atoms with Crippen LogP contribution in [0, 0.1) is 0 Å². The number of carbonyl (C=O) groups is 3. The number of benzene rings is 2. The normalized spacial score (nSPS) is 18.6. The molecule has 0 radical (unpaired) electrons. The van der Waals surface area contributed by atoms with Gasteiger partial charge < -0.3 is 15.1 Å². The van der Waals surface area contributed by atoms with E-state index in [1.165, 1.54) is 0 Å². The van der Waals surface area contributed by atoms with Gasteiger partial charge in [0.15, 0.2) is 0 Å². The third-order valence-electron chi connectivity index (χ3n) is 5.55. The molecule has 1 unspecified atom stereocenters. The standard InChI is InChI=1S/C24H25N3O3/c28-22(26-15-7-2-8-16-26)14-13-20-24(30)27(17-18-9-3-1-4-10-18)21-12-6-5-11-19(21)23(29)25-20/h1-7,9-12,20H,8,13-17H2,(H,25,29). The number of para-hydroxylation sites is 1. The maximum Gasteiger partial charge on any atom is 0.254 e. The first-order valence-corrected chi connectivity index (χ1v) is 10.3. The van der Waals surface area contributed by atoms with E-state index in [0.29, 0.717) is 30.9 Å². The van der Waals surface area contributed by atoms with Gasteiger partial charge in [0.25, 0.3) is 5.91 Å². The van der Waals surface area contributed by atoms with Gasteiger partial charge in [0, 0.05) is 19.5 Å². The molecule has 0 aromatic heterocycles. The molecule has 0 fully saturated rings. The monoisotopic (exact) mass is 403 g/mol. The van der Waals surface area contributed by atoms with E-state index in [4.69, 9.17) is 0 Å². The Labute approximate surface area is 176 Å². The quantitative estimate of drug-likeness (QED) is 0.781. The molecule has 3 amide bonds. The zero-order chi connectivity index (χ0) is 20.9. The molecule has 2 aliphatic rings. The van der Waals surface area contributed by atoms with Gasteiger partial charge in [-0.1, -0.05) is 54.6 Å². The van der Waals surface area contributed by atoms with Gasteiger partial charge in [-0.3, -0.25) is 14.4 Å². The zero-order valence-corrected chi connectivity index (χ0v) is 16.8. The highest BCUT2D eigenvalue weighted by Gasteiger charge is 2.34. The third kappa shape index (κ3) is 4.27. The highest BCUT2D eigenvalue weighted by molar-refractivity contribution is 6.11. The summed E-state index contributed by atoms with van der Waals surface area (Å²) >= 11 is 0. The van der Waals surface area contributed by atoms with E-state index in [1.54, 1.807) is 28.0 Å². The predicted octanol–water partition coefficient (Wildman–Crippen LogP) is 2.90. The molecule has 2 aromatic rings. The predicted molar refractivity (Wildman–Crippen MR) is 115 cm³/mol. The minimum Gasteiger partial charge on any atom is -0.340 e. The van der Waals surface area contributed by atoms with Crippen LogP contribution in [-0.2, 0) is 16.1 Å². The lowest BCUT2D eigenvalue weighted by Crippen LogP contribution is -2.46. The molecule has 0 spiro atoms. The fourth-order valence-electron chi connectivity index (χ4n) is 3.92. The van der Waals surface area contributed by atoms with E-state index in [1.807, 2.05) is 42.5 Å². The molecule has 154 valence electrons. The van der Waals surface area contributed by atoms with Crippen molar-refractivity contribution < 1.29 is 14.4 Å². The molecule has 0 saturated carbocycles. The average Bonchev–Trinajstić information content (AvgIpc) is 2.89. The van der Waals surface area contributed by atoms with E-state index >= 15 is 0 Å². The Kier molecular flexibility index (Phi) is 5.93. The lowest BCUT2D eigenvalue weighted by Gasteiger charge is -2.27. The van der Waals surface area contributed by atoms with Crippen molar-refractivity contribution in [2.45, 2.75) is 31.8 Å². The Morgan fingerprint density at radius 1 is 1.00 bits per heavy atom. The number of rotatable bonds is 5. The van der Waals surface area contributed by atoms with Crippen molar-refractivity contribution in [2.75, 3.05) is 18.0 Å². The van der Waals surface area contributed by atoms with Crippen molar-refractivity contribution in [3.8, 4) is 0 Å². The molecule has 4 rings (SSSR count). The number of anilines is 1. The van der Waals surface area contributed by atoms with Crippen molar-refractivity contribution >= 4 is 23.4 Å². The molecular weight excluding hydrogens is 378 g/mol. The smallest absolute Gasteiger partial charge is 0.254 e. The third-order valence-corrected chi connectivity index (χ3v) is 5.55. The topological polar surface area (TPSA) is 69.7 Å². The first-order chi connectivity index (χ1) is 14.6. The molecule has 2 aromatic carbocycles. The summed E-state index contributed by atoms with van der Waals surface area (Å²) < 4.78 is 0.